The first kappa shape index (κ1) is 26.3. The number of para-hydroxylation sites is 1. The van der Waals surface area contributed by atoms with Gasteiger partial charge in [0.05, 0.1) is 12.5 Å². The Morgan fingerprint density at radius 2 is 2.03 bits per heavy atom. The summed E-state index contributed by atoms with van der Waals surface area (Å²) in [4.78, 5) is 29.4. The third kappa shape index (κ3) is 7.11. The normalized spacial score (nSPS) is 16.6. The van der Waals surface area contributed by atoms with Crippen LogP contribution < -0.4 is 0 Å². The summed E-state index contributed by atoms with van der Waals surface area (Å²) in [6, 6.07) is 10.3. The zero-order valence-electron chi connectivity index (χ0n) is 21.7. The van der Waals surface area contributed by atoms with Crippen LogP contribution in [0.1, 0.15) is 59.4 Å². The van der Waals surface area contributed by atoms with E-state index >= 15 is 0 Å². The maximum atomic E-state index is 13.1. The SMILES string of the molecule is CC(C)N(CC1CCCN(C(=O)/C=C/c2cn(CCC#N)c3ccccc23)C1)C(=O)OC(C)(C)C. The quantitative estimate of drug-likeness (QED) is 0.496. The van der Waals surface area contributed by atoms with Gasteiger partial charge >= 0.3 is 6.09 Å². The van der Waals surface area contributed by atoms with Gasteiger partial charge in [0.2, 0.25) is 5.91 Å². The van der Waals surface area contributed by atoms with Crippen LogP contribution >= 0.6 is 0 Å². The number of hydrogen-bond acceptors (Lipinski definition) is 4. The number of rotatable bonds is 7. The number of piperidine rings is 1. The Balaban J connectivity index is 1.67. The van der Waals surface area contributed by atoms with E-state index in [4.69, 9.17) is 10.00 Å². The molecule has 0 radical (unpaired) electrons. The summed E-state index contributed by atoms with van der Waals surface area (Å²) in [7, 11) is 0. The highest BCUT2D eigenvalue weighted by molar-refractivity contribution is 5.96. The van der Waals surface area contributed by atoms with Crippen LogP contribution in [0.4, 0.5) is 4.79 Å². The van der Waals surface area contributed by atoms with Gasteiger partial charge in [-0.15, -0.1) is 0 Å². The molecule has 1 fully saturated rings. The number of nitrogens with zero attached hydrogens (tertiary/aromatic N) is 4. The summed E-state index contributed by atoms with van der Waals surface area (Å²) in [5, 5.41) is 10.0. The van der Waals surface area contributed by atoms with Crippen molar-refractivity contribution in [2.24, 2.45) is 5.92 Å². The molecule has 1 aliphatic heterocycles. The molecule has 1 aliphatic rings. The van der Waals surface area contributed by atoms with Crippen LogP contribution in [-0.2, 0) is 16.1 Å². The largest absolute Gasteiger partial charge is 0.444 e. The molecule has 2 heterocycles. The molecule has 1 atom stereocenters. The van der Waals surface area contributed by atoms with Crippen molar-refractivity contribution in [2.45, 2.75) is 72.1 Å². The van der Waals surface area contributed by atoms with Crippen LogP contribution in [0.25, 0.3) is 17.0 Å². The van der Waals surface area contributed by atoms with E-state index < -0.39 is 5.60 Å². The fraction of sp³-hybridized carbons (Fsp3) is 0.536. The summed E-state index contributed by atoms with van der Waals surface area (Å²) in [6.45, 7) is 12.1. The standard InChI is InChI=1S/C28H38N4O3/c1-21(2)32(27(34)35-28(3,4)5)19-22-10-8-16-31(18-22)26(33)14-13-23-20-30(17-9-15-29)25-12-7-6-11-24(23)25/h6-7,11-14,20-22H,8-10,16-19H2,1-5H3/b14-13+. The van der Waals surface area contributed by atoms with E-state index in [1.807, 2.05) is 76.1 Å². The molecule has 3 rings (SSSR count). The molecule has 1 saturated heterocycles. The van der Waals surface area contributed by atoms with Crippen molar-refractivity contribution in [2.75, 3.05) is 19.6 Å². The minimum absolute atomic E-state index is 0.0167. The minimum atomic E-state index is -0.540. The second kappa shape index (κ2) is 11.4. The van der Waals surface area contributed by atoms with Crippen molar-refractivity contribution in [3.8, 4) is 6.07 Å². The molecule has 1 unspecified atom stereocenters. The Morgan fingerprint density at radius 3 is 2.71 bits per heavy atom. The third-order valence-corrected chi connectivity index (χ3v) is 6.23. The second-order valence-corrected chi connectivity index (χ2v) is 10.6. The molecule has 7 heteroatoms. The lowest BCUT2D eigenvalue weighted by molar-refractivity contribution is -0.127. The van der Waals surface area contributed by atoms with Crippen LogP contribution in [-0.4, -0.2) is 57.6 Å². The molecule has 0 N–H and O–H groups in total. The number of amides is 2. The molecule has 2 aromatic rings. The van der Waals surface area contributed by atoms with Crippen molar-refractivity contribution in [3.63, 3.8) is 0 Å². The third-order valence-electron chi connectivity index (χ3n) is 6.23. The van der Waals surface area contributed by atoms with E-state index in [-0.39, 0.29) is 24.0 Å². The lowest BCUT2D eigenvalue weighted by Crippen LogP contribution is -2.47. The maximum Gasteiger partial charge on any atom is 0.410 e. The highest BCUT2D eigenvalue weighted by Gasteiger charge is 2.29. The Hall–Kier alpha value is -3.27. The van der Waals surface area contributed by atoms with Gasteiger partial charge < -0.3 is 19.1 Å². The topological polar surface area (TPSA) is 78.6 Å². The predicted molar refractivity (Wildman–Crippen MR) is 139 cm³/mol. The zero-order chi connectivity index (χ0) is 25.6. The van der Waals surface area contributed by atoms with Gasteiger partial charge in [0.15, 0.2) is 0 Å². The van der Waals surface area contributed by atoms with Gasteiger partial charge in [-0.2, -0.15) is 5.26 Å². The number of aryl methyl sites for hydroxylation is 1. The van der Waals surface area contributed by atoms with Gasteiger partial charge in [-0.3, -0.25) is 4.79 Å². The van der Waals surface area contributed by atoms with Crippen LogP contribution in [0.3, 0.4) is 0 Å². The first-order valence-electron chi connectivity index (χ1n) is 12.5. The number of benzene rings is 1. The molecule has 0 aliphatic carbocycles. The number of aromatic nitrogens is 1. The van der Waals surface area contributed by atoms with Crippen molar-refractivity contribution in [3.05, 3.63) is 42.1 Å². The lowest BCUT2D eigenvalue weighted by atomic mass is 9.97. The number of ether oxygens (including phenoxy) is 1. The summed E-state index contributed by atoms with van der Waals surface area (Å²) in [5.74, 6) is 0.195. The average Bonchev–Trinajstić information content (AvgIpc) is 3.16. The smallest absolute Gasteiger partial charge is 0.410 e. The van der Waals surface area contributed by atoms with Crippen LogP contribution in [0, 0.1) is 17.2 Å². The molecular formula is C28H38N4O3. The lowest BCUT2D eigenvalue weighted by Gasteiger charge is -2.37. The zero-order valence-corrected chi connectivity index (χ0v) is 21.7. The Bertz CT molecular complexity index is 1100. The molecule has 188 valence electrons. The molecule has 7 nitrogen and oxygen atoms in total. The molecule has 0 bridgehead atoms. The Labute approximate surface area is 208 Å². The predicted octanol–water partition coefficient (Wildman–Crippen LogP) is 5.45. The highest BCUT2D eigenvalue weighted by Crippen LogP contribution is 2.24. The minimum Gasteiger partial charge on any atom is -0.444 e. The fourth-order valence-electron chi connectivity index (χ4n) is 4.54. The van der Waals surface area contributed by atoms with Crippen molar-refractivity contribution in [1.82, 2.24) is 14.4 Å². The fourth-order valence-corrected chi connectivity index (χ4v) is 4.54. The number of carbonyl (C=O) groups excluding carboxylic acids is 2. The summed E-state index contributed by atoms with van der Waals surface area (Å²) < 4.78 is 7.67. The van der Waals surface area contributed by atoms with E-state index in [2.05, 4.69) is 10.6 Å². The molecule has 1 aromatic carbocycles. The highest BCUT2D eigenvalue weighted by atomic mass is 16.6. The van der Waals surface area contributed by atoms with Gasteiger partial charge in [0.1, 0.15) is 5.60 Å². The number of nitriles is 1. The van der Waals surface area contributed by atoms with Crippen molar-refractivity contribution >= 4 is 29.0 Å². The summed E-state index contributed by atoms with van der Waals surface area (Å²) >= 11 is 0. The Kier molecular flexibility index (Phi) is 8.61. The van der Waals surface area contributed by atoms with Crippen molar-refractivity contribution < 1.29 is 14.3 Å². The Morgan fingerprint density at radius 1 is 1.29 bits per heavy atom. The van der Waals surface area contributed by atoms with Crippen LogP contribution in [0.15, 0.2) is 36.5 Å². The van der Waals surface area contributed by atoms with Gasteiger partial charge in [-0.05, 0) is 65.5 Å². The number of carbonyl (C=O) groups is 2. The van der Waals surface area contributed by atoms with Crippen LogP contribution in [0.5, 0.6) is 0 Å². The van der Waals surface area contributed by atoms with Gasteiger partial charge in [0.25, 0.3) is 0 Å². The van der Waals surface area contributed by atoms with Gasteiger partial charge in [0, 0.05) is 61.0 Å². The average molecular weight is 479 g/mol. The number of fused-ring (bicyclic) bond motifs is 1. The van der Waals surface area contributed by atoms with E-state index in [9.17, 15) is 9.59 Å². The van der Waals surface area contributed by atoms with Gasteiger partial charge in [-0.25, -0.2) is 4.79 Å². The molecule has 1 aromatic heterocycles. The molecule has 35 heavy (non-hydrogen) atoms. The summed E-state index contributed by atoms with van der Waals surface area (Å²) in [6.07, 6.45) is 7.55. The number of likely N-dealkylation sites (tertiary alicyclic amines) is 1. The van der Waals surface area contributed by atoms with Crippen molar-refractivity contribution in [1.29, 1.82) is 5.26 Å². The second-order valence-electron chi connectivity index (χ2n) is 10.6. The van der Waals surface area contributed by atoms with E-state index in [0.717, 1.165) is 35.9 Å². The first-order valence-corrected chi connectivity index (χ1v) is 12.5. The molecular weight excluding hydrogens is 440 g/mol. The van der Waals surface area contributed by atoms with E-state index in [1.165, 1.54) is 0 Å². The molecule has 0 spiro atoms. The van der Waals surface area contributed by atoms with E-state index in [1.54, 1.807) is 11.0 Å². The summed E-state index contributed by atoms with van der Waals surface area (Å²) in [5.41, 5.74) is 1.49. The van der Waals surface area contributed by atoms with E-state index in [0.29, 0.717) is 26.1 Å². The number of hydrogen-bond donors (Lipinski definition) is 0. The first-order chi connectivity index (χ1) is 16.6. The van der Waals surface area contributed by atoms with Crippen LogP contribution in [0.2, 0.25) is 0 Å². The molecule has 2 amide bonds. The monoisotopic (exact) mass is 478 g/mol. The molecule has 0 saturated carbocycles. The van der Waals surface area contributed by atoms with Gasteiger partial charge in [-0.1, -0.05) is 18.2 Å². The maximum absolute atomic E-state index is 13.1.